The van der Waals surface area contributed by atoms with Gasteiger partial charge in [-0.1, -0.05) is 104 Å². The lowest BCUT2D eigenvalue weighted by Gasteiger charge is -2.52. The Morgan fingerprint density at radius 1 is 0.921 bits per heavy atom. The lowest BCUT2D eigenvalue weighted by atomic mass is 9.48. The molecule has 0 bridgehead atoms. The number of carbonyl (C=O) groups excluding carboxylic acids is 1. The van der Waals surface area contributed by atoms with Crippen LogP contribution in [0.25, 0.3) is 11.3 Å². The van der Waals surface area contributed by atoms with Crippen molar-refractivity contribution >= 4 is 5.78 Å². The molecule has 4 heteroatoms. The zero-order valence-electron chi connectivity index (χ0n) is 21.9. The number of hydrogen-bond donors (Lipinski definition) is 0. The van der Waals surface area contributed by atoms with Crippen LogP contribution in [0.2, 0.25) is 0 Å². The van der Waals surface area contributed by atoms with E-state index in [1.165, 1.54) is 5.56 Å². The Morgan fingerprint density at radius 3 is 2.03 bits per heavy atom. The normalized spacial score (nSPS) is 21.7. The molecule has 4 aromatic rings. The molecule has 0 saturated carbocycles. The van der Waals surface area contributed by atoms with Crippen LogP contribution in [-0.4, -0.2) is 15.6 Å². The Bertz CT molecular complexity index is 1520. The molecule has 0 amide bonds. The Kier molecular flexibility index (Phi) is 5.88. The average molecular weight is 498 g/mol. The van der Waals surface area contributed by atoms with E-state index in [0.29, 0.717) is 12.8 Å². The molecule has 188 valence electrons. The van der Waals surface area contributed by atoms with Crippen LogP contribution in [0.5, 0.6) is 0 Å². The van der Waals surface area contributed by atoms with Crippen LogP contribution in [-0.2, 0) is 36.5 Å². The van der Waals surface area contributed by atoms with Crippen molar-refractivity contribution in [3.63, 3.8) is 0 Å². The number of allylic oxidation sites excluding steroid dienone is 2. The van der Waals surface area contributed by atoms with Gasteiger partial charge in [-0.05, 0) is 42.7 Å². The molecule has 0 N–H and O–H groups in total. The van der Waals surface area contributed by atoms with Gasteiger partial charge in [0.2, 0.25) is 0 Å². The van der Waals surface area contributed by atoms with Gasteiger partial charge in [-0.25, -0.2) is 0 Å². The Balaban J connectivity index is 1.57. The predicted octanol–water partition coefficient (Wildman–Crippen LogP) is 6.41. The second-order valence-electron chi connectivity index (χ2n) is 11.0. The molecule has 0 fully saturated rings. The molecule has 2 aliphatic carbocycles. The monoisotopic (exact) mass is 497 g/mol. The van der Waals surface area contributed by atoms with Crippen LogP contribution in [0.15, 0.2) is 103 Å². The fraction of sp³-hybridized carbons (Fsp3) is 0.265. The summed E-state index contributed by atoms with van der Waals surface area (Å²) in [4.78, 5) is 14.4. The van der Waals surface area contributed by atoms with Crippen LogP contribution >= 0.6 is 0 Å². The standard InChI is InChI=1S/C34H31N3O/c1-33-22-27(23-35)32(38)34(20-24-12-6-3-7-13-24,21-25-14-8-4-9-15-25)29(33)19-18-28-30(37(2)36-31(28)33)26-16-10-5-11-17-26/h3-17,22,29H,18-21H2,1-2H3. The number of nitriles is 1. The summed E-state index contributed by atoms with van der Waals surface area (Å²) < 4.78 is 1.99. The summed E-state index contributed by atoms with van der Waals surface area (Å²) in [6, 6.07) is 33.2. The SMILES string of the molecule is Cn1nc2c(c1-c1ccccc1)CCC1C(Cc3ccccc3)(Cc3ccccc3)C(=O)C(C#N)=CC21C. The average Bonchev–Trinajstić information content (AvgIpc) is 3.29. The highest BCUT2D eigenvalue weighted by molar-refractivity contribution is 6.05. The van der Waals surface area contributed by atoms with Crippen LogP contribution in [0, 0.1) is 22.7 Å². The highest BCUT2D eigenvalue weighted by Gasteiger charge is 2.59. The largest absolute Gasteiger partial charge is 0.293 e. The first-order valence-corrected chi connectivity index (χ1v) is 13.3. The van der Waals surface area contributed by atoms with E-state index in [1.54, 1.807) is 0 Å². The summed E-state index contributed by atoms with van der Waals surface area (Å²) in [6.07, 6.45) is 4.83. The highest BCUT2D eigenvalue weighted by Crippen LogP contribution is 2.57. The lowest BCUT2D eigenvalue weighted by molar-refractivity contribution is -0.131. The zero-order chi connectivity index (χ0) is 26.3. The van der Waals surface area contributed by atoms with Gasteiger partial charge in [0.1, 0.15) is 6.07 Å². The van der Waals surface area contributed by atoms with Crippen molar-refractivity contribution < 1.29 is 4.79 Å². The number of ketones is 1. The van der Waals surface area contributed by atoms with E-state index in [-0.39, 0.29) is 17.3 Å². The fourth-order valence-electron chi connectivity index (χ4n) is 7.23. The van der Waals surface area contributed by atoms with Crippen molar-refractivity contribution in [3.05, 3.63) is 125 Å². The van der Waals surface area contributed by atoms with Gasteiger partial charge in [0.15, 0.2) is 5.78 Å². The maximum absolute atomic E-state index is 14.4. The molecule has 3 aromatic carbocycles. The summed E-state index contributed by atoms with van der Waals surface area (Å²) in [7, 11) is 2.00. The van der Waals surface area contributed by atoms with Gasteiger partial charge in [0.25, 0.3) is 0 Å². The van der Waals surface area contributed by atoms with Gasteiger partial charge in [-0.2, -0.15) is 10.4 Å². The second kappa shape index (κ2) is 9.26. The number of aryl methyl sites for hydroxylation is 1. The van der Waals surface area contributed by atoms with Gasteiger partial charge in [0, 0.05) is 29.0 Å². The lowest BCUT2D eigenvalue weighted by Crippen LogP contribution is -2.56. The fourth-order valence-corrected chi connectivity index (χ4v) is 7.23. The summed E-state index contributed by atoms with van der Waals surface area (Å²) in [5.74, 6) is -0.0242. The molecule has 4 nitrogen and oxygen atoms in total. The molecule has 2 atom stereocenters. The minimum Gasteiger partial charge on any atom is -0.293 e. The Hall–Kier alpha value is -4.23. The first kappa shape index (κ1) is 24.1. The molecule has 0 saturated heterocycles. The van der Waals surface area contributed by atoms with Crippen molar-refractivity contribution in [2.24, 2.45) is 18.4 Å². The van der Waals surface area contributed by atoms with E-state index in [2.05, 4.69) is 61.5 Å². The summed E-state index contributed by atoms with van der Waals surface area (Å²) in [5.41, 5.74) is 5.71. The number of rotatable bonds is 5. The molecule has 0 aliphatic heterocycles. The smallest absolute Gasteiger partial charge is 0.180 e. The molecule has 1 heterocycles. The van der Waals surface area contributed by atoms with E-state index in [9.17, 15) is 10.1 Å². The third-order valence-electron chi connectivity index (χ3n) is 8.76. The van der Waals surface area contributed by atoms with E-state index in [0.717, 1.165) is 40.9 Å². The third-order valence-corrected chi connectivity index (χ3v) is 8.76. The van der Waals surface area contributed by atoms with E-state index < -0.39 is 10.8 Å². The van der Waals surface area contributed by atoms with Gasteiger partial charge in [-0.15, -0.1) is 0 Å². The van der Waals surface area contributed by atoms with Crippen molar-refractivity contribution in [1.82, 2.24) is 9.78 Å². The first-order valence-electron chi connectivity index (χ1n) is 13.3. The molecule has 0 radical (unpaired) electrons. The summed E-state index contributed by atoms with van der Waals surface area (Å²) in [5, 5.41) is 15.4. The third kappa shape index (κ3) is 3.73. The molecular weight excluding hydrogens is 466 g/mol. The highest BCUT2D eigenvalue weighted by atomic mass is 16.1. The molecule has 0 spiro atoms. The second-order valence-corrected chi connectivity index (χ2v) is 11.0. The van der Waals surface area contributed by atoms with Crippen molar-refractivity contribution in [3.8, 4) is 17.3 Å². The predicted molar refractivity (Wildman–Crippen MR) is 149 cm³/mol. The van der Waals surface area contributed by atoms with E-state index in [1.807, 2.05) is 60.3 Å². The molecule has 1 aromatic heterocycles. The molecule has 6 rings (SSSR count). The number of fused-ring (bicyclic) bond motifs is 3. The maximum atomic E-state index is 14.4. The van der Waals surface area contributed by atoms with Crippen LogP contribution in [0.3, 0.4) is 0 Å². The topological polar surface area (TPSA) is 58.7 Å². The van der Waals surface area contributed by atoms with Gasteiger partial charge >= 0.3 is 0 Å². The Labute approximate surface area is 224 Å². The maximum Gasteiger partial charge on any atom is 0.180 e. The van der Waals surface area contributed by atoms with Crippen molar-refractivity contribution in [2.45, 2.75) is 38.0 Å². The molecule has 2 aliphatic rings. The van der Waals surface area contributed by atoms with E-state index >= 15 is 0 Å². The van der Waals surface area contributed by atoms with Gasteiger partial charge < -0.3 is 0 Å². The number of Topliss-reactive ketones (excluding diaryl/α,β-unsaturated/α-hetero) is 1. The van der Waals surface area contributed by atoms with Crippen molar-refractivity contribution in [1.29, 1.82) is 5.26 Å². The first-order chi connectivity index (χ1) is 18.5. The minimum absolute atomic E-state index is 0.00559. The van der Waals surface area contributed by atoms with Crippen LogP contribution in [0.4, 0.5) is 0 Å². The summed E-state index contributed by atoms with van der Waals surface area (Å²) in [6.45, 7) is 2.20. The molecular formula is C34H31N3O. The number of benzene rings is 3. The number of carbonyl (C=O) groups is 1. The van der Waals surface area contributed by atoms with E-state index in [4.69, 9.17) is 5.10 Å². The number of aromatic nitrogens is 2. The van der Waals surface area contributed by atoms with Crippen LogP contribution < -0.4 is 0 Å². The van der Waals surface area contributed by atoms with Crippen LogP contribution in [0.1, 0.15) is 35.7 Å². The Morgan fingerprint density at radius 2 is 1.47 bits per heavy atom. The number of nitrogens with zero attached hydrogens (tertiary/aromatic N) is 3. The molecule has 38 heavy (non-hydrogen) atoms. The minimum atomic E-state index is -0.751. The quantitative estimate of drug-likeness (QED) is 0.320. The molecule has 2 unspecified atom stereocenters. The summed E-state index contributed by atoms with van der Waals surface area (Å²) >= 11 is 0. The van der Waals surface area contributed by atoms with Gasteiger partial charge in [0.05, 0.1) is 17.0 Å². The zero-order valence-corrected chi connectivity index (χ0v) is 21.9. The van der Waals surface area contributed by atoms with Gasteiger partial charge in [-0.3, -0.25) is 9.48 Å². The number of hydrogen-bond acceptors (Lipinski definition) is 3. The van der Waals surface area contributed by atoms with Crippen molar-refractivity contribution in [2.75, 3.05) is 0 Å².